The average Bonchev–Trinajstić information content (AvgIpc) is 2.54. The largest absolute Gasteiger partial charge is 0.295 e. The lowest BCUT2D eigenvalue weighted by atomic mass is 9.97. The Morgan fingerprint density at radius 2 is 1.64 bits per heavy atom. The second-order valence-corrected chi connectivity index (χ2v) is 5.32. The van der Waals surface area contributed by atoms with Crippen LogP contribution >= 0.6 is 0 Å². The Morgan fingerprint density at radius 3 is 1.93 bits per heavy atom. The molecular formula is C13H29N. The molecule has 1 heteroatoms. The minimum absolute atomic E-state index is 0.367. The van der Waals surface area contributed by atoms with E-state index in [2.05, 4.69) is 39.5 Å². The van der Waals surface area contributed by atoms with Crippen molar-refractivity contribution in [2.45, 2.75) is 72.9 Å². The molecule has 0 aliphatic carbocycles. The summed E-state index contributed by atoms with van der Waals surface area (Å²) in [5.74, 6) is 0.812. The van der Waals surface area contributed by atoms with Crippen molar-refractivity contribution in [3.05, 3.63) is 0 Å². The molecule has 86 valence electrons. The van der Waals surface area contributed by atoms with Crippen molar-refractivity contribution in [2.75, 3.05) is 6.54 Å². The molecule has 0 radical (unpaired) electrons. The molecule has 0 N–H and O–H groups in total. The van der Waals surface area contributed by atoms with Crippen LogP contribution in [0.15, 0.2) is 0 Å². The predicted octanol–water partition coefficient (Wildman–Crippen LogP) is 3.93. The molecule has 0 spiro atoms. The van der Waals surface area contributed by atoms with Gasteiger partial charge in [0.05, 0.1) is 0 Å². The van der Waals surface area contributed by atoms with E-state index in [0.29, 0.717) is 5.54 Å². The first-order valence-electron chi connectivity index (χ1n) is 6.19. The van der Waals surface area contributed by atoms with Gasteiger partial charge < -0.3 is 0 Å². The van der Waals surface area contributed by atoms with Crippen LogP contribution in [-0.4, -0.2) is 23.0 Å². The zero-order valence-electron chi connectivity index (χ0n) is 11.2. The van der Waals surface area contributed by atoms with E-state index in [1.165, 1.54) is 19.4 Å². The third kappa shape index (κ3) is 3.61. The summed E-state index contributed by atoms with van der Waals surface area (Å²) in [5, 5.41) is 0. The van der Waals surface area contributed by atoms with E-state index < -0.39 is 0 Å². The molecule has 1 unspecified atom stereocenters. The van der Waals surface area contributed by atoms with Gasteiger partial charge in [0.2, 0.25) is 0 Å². The van der Waals surface area contributed by atoms with Crippen molar-refractivity contribution in [2.24, 2.45) is 5.92 Å². The van der Waals surface area contributed by atoms with Gasteiger partial charge in [-0.05, 0) is 46.1 Å². The van der Waals surface area contributed by atoms with Gasteiger partial charge in [0.25, 0.3) is 0 Å². The van der Waals surface area contributed by atoms with E-state index in [1.807, 2.05) is 13.8 Å². The van der Waals surface area contributed by atoms with Crippen LogP contribution in [0.2, 0.25) is 0 Å². The summed E-state index contributed by atoms with van der Waals surface area (Å²) in [6.07, 6.45) is 2.79. The topological polar surface area (TPSA) is 3.24 Å². The van der Waals surface area contributed by atoms with E-state index in [9.17, 15) is 0 Å². The van der Waals surface area contributed by atoms with Gasteiger partial charge in [-0.3, -0.25) is 4.90 Å². The molecule has 0 aromatic rings. The molecule has 1 aliphatic heterocycles. The van der Waals surface area contributed by atoms with Gasteiger partial charge in [0.1, 0.15) is 0 Å². The number of hydrogen-bond donors (Lipinski definition) is 0. The molecule has 1 fully saturated rings. The van der Waals surface area contributed by atoms with Gasteiger partial charge in [-0.1, -0.05) is 27.7 Å². The molecule has 0 aromatic heterocycles. The molecule has 1 atom stereocenters. The van der Waals surface area contributed by atoms with E-state index in [0.717, 1.165) is 12.0 Å². The zero-order valence-corrected chi connectivity index (χ0v) is 11.2. The first kappa shape index (κ1) is 14.0. The maximum absolute atomic E-state index is 2.66. The number of nitrogens with zero attached hydrogens (tertiary/aromatic N) is 1. The van der Waals surface area contributed by atoms with E-state index in [-0.39, 0.29) is 0 Å². The molecule has 1 saturated heterocycles. The SMILES string of the molecule is CC.CC(C)C1CCCN1C(C)(C)C. The summed E-state index contributed by atoms with van der Waals surface area (Å²) in [5.41, 5.74) is 0.367. The number of rotatable bonds is 1. The fraction of sp³-hybridized carbons (Fsp3) is 1.00. The highest BCUT2D eigenvalue weighted by atomic mass is 15.2. The monoisotopic (exact) mass is 199 g/mol. The van der Waals surface area contributed by atoms with Crippen LogP contribution in [0.3, 0.4) is 0 Å². The van der Waals surface area contributed by atoms with Crippen LogP contribution in [0, 0.1) is 5.92 Å². The van der Waals surface area contributed by atoms with Gasteiger partial charge in [-0.2, -0.15) is 0 Å². The Balaban J connectivity index is 0.000000791. The van der Waals surface area contributed by atoms with Crippen LogP contribution in [0.5, 0.6) is 0 Å². The summed E-state index contributed by atoms with van der Waals surface area (Å²) in [6, 6.07) is 0.824. The van der Waals surface area contributed by atoms with E-state index >= 15 is 0 Å². The van der Waals surface area contributed by atoms with Crippen molar-refractivity contribution in [1.29, 1.82) is 0 Å². The molecular weight excluding hydrogens is 170 g/mol. The molecule has 0 amide bonds. The minimum atomic E-state index is 0.367. The number of hydrogen-bond acceptors (Lipinski definition) is 1. The smallest absolute Gasteiger partial charge is 0.0128 e. The van der Waals surface area contributed by atoms with Gasteiger partial charge in [0.15, 0.2) is 0 Å². The lowest BCUT2D eigenvalue weighted by Gasteiger charge is -2.38. The molecule has 1 aliphatic rings. The van der Waals surface area contributed by atoms with Crippen LogP contribution in [0.4, 0.5) is 0 Å². The van der Waals surface area contributed by atoms with Crippen LogP contribution in [0.25, 0.3) is 0 Å². The van der Waals surface area contributed by atoms with Crippen molar-refractivity contribution in [3.63, 3.8) is 0 Å². The third-order valence-corrected chi connectivity index (χ3v) is 2.93. The second-order valence-electron chi connectivity index (χ2n) is 5.32. The second kappa shape index (κ2) is 5.75. The van der Waals surface area contributed by atoms with Crippen molar-refractivity contribution < 1.29 is 0 Å². The summed E-state index contributed by atoms with van der Waals surface area (Å²) in [4.78, 5) is 2.66. The lowest BCUT2D eigenvalue weighted by Crippen LogP contribution is -2.46. The summed E-state index contributed by atoms with van der Waals surface area (Å²) in [6.45, 7) is 17.0. The number of likely N-dealkylation sites (tertiary alicyclic amines) is 1. The molecule has 0 saturated carbocycles. The maximum Gasteiger partial charge on any atom is 0.0128 e. The molecule has 0 bridgehead atoms. The van der Waals surface area contributed by atoms with Crippen molar-refractivity contribution >= 4 is 0 Å². The van der Waals surface area contributed by atoms with E-state index in [4.69, 9.17) is 0 Å². The molecule has 1 nitrogen and oxygen atoms in total. The third-order valence-electron chi connectivity index (χ3n) is 2.93. The Hall–Kier alpha value is -0.0400. The van der Waals surface area contributed by atoms with Gasteiger partial charge in [0, 0.05) is 11.6 Å². The fourth-order valence-electron chi connectivity index (χ4n) is 2.32. The Labute approximate surface area is 90.9 Å². The highest BCUT2D eigenvalue weighted by molar-refractivity contribution is 4.89. The lowest BCUT2D eigenvalue weighted by molar-refractivity contribution is 0.0957. The molecule has 0 aromatic carbocycles. The highest BCUT2D eigenvalue weighted by Gasteiger charge is 2.33. The molecule has 14 heavy (non-hydrogen) atoms. The Kier molecular flexibility index (Phi) is 5.73. The standard InChI is InChI=1S/C11H23N.C2H6/c1-9(2)10-7-6-8-12(10)11(3,4)5;1-2/h9-10H,6-8H2,1-5H3;1-2H3. The first-order chi connectivity index (χ1) is 6.43. The normalized spacial score (nSPS) is 23.6. The maximum atomic E-state index is 2.66. The Morgan fingerprint density at radius 1 is 1.14 bits per heavy atom. The minimum Gasteiger partial charge on any atom is -0.295 e. The summed E-state index contributed by atoms with van der Waals surface area (Å²) >= 11 is 0. The highest BCUT2D eigenvalue weighted by Crippen LogP contribution is 2.30. The zero-order chi connectivity index (χ0) is 11.4. The first-order valence-corrected chi connectivity index (χ1v) is 6.19. The van der Waals surface area contributed by atoms with Gasteiger partial charge >= 0.3 is 0 Å². The predicted molar refractivity (Wildman–Crippen MR) is 65.7 cm³/mol. The summed E-state index contributed by atoms with van der Waals surface area (Å²) in [7, 11) is 0. The van der Waals surface area contributed by atoms with Gasteiger partial charge in [-0.25, -0.2) is 0 Å². The van der Waals surface area contributed by atoms with Crippen LogP contribution in [-0.2, 0) is 0 Å². The quantitative estimate of drug-likeness (QED) is 0.618. The van der Waals surface area contributed by atoms with E-state index in [1.54, 1.807) is 0 Å². The fourth-order valence-corrected chi connectivity index (χ4v) is 2.32. The van der Waals surface area contributed by atoms with Crippen molar-refractivity contribution in [1.82, 2.24) is 4.90 Å². The van der Waals surface area contributed by atoms with Crippen LogP contribution < -0.4 is 0 Å². The molecule has 1 rings (SSSR count). The average molecular weight is 199 g/mol. The Bertz CT molecular complexity index is 144. The van der Waals surface area contributed by atoms with Crippen LogP contribution in [0.1, 0.15) is 61.3 Å². The summed E-state index contributed by atoms with van der Waals surface area (Å²) < 4.78 is 0. The molecule has 1 heterocycles. The van der Waals surface area contributed by atoms with Gasteiger partial charge in [-0.15, -0.1) is 0 Å². The van der Waals surface area contributed by atoms with Crippen molar-refractivity contribution in [3.8, 4) is 0 Å².